The van der Waals surface area contributed by atoms with Gasteiger partial charge in [0.15, 0.2) is 10.9 Å². The lowest BCUT2D eigenvalue weighted by Gasteiger charge is -2.21. The summed E-state index contributed by atoms with van der Waals surface area (Å²) in [5, 5.41) is 15.8. The molecule has 0 atom stereocenters. The average molecular weight is 455 g/mol. The van der Waals surface area contributed by atoms with Gasteiger partial charge in [0, 0.05) is 11.6 Å². The molecule has 0 unspecified atom stereocenters. The van der Waals surface area contributed by atoms with Crippen LogP contribution < -0.4 is 10.6 Å². The van der Waals surface area contributed by atoms with E-state index in [1.54, 1.807) is 24.3 Å². The molecule has 3 rings (SSSR count). The number of hydrogen-bond donors (Lipinski definition) is 3. The van der Waals surface area contributed by atoms with E-state index in [-0.39, 0.29) is 21.3 Å². The van der Waals surface area contributed by atoms with Crippen molar-refractivity contribution in [2.24, 2.45) is 0 Å². The number of furan rings is 1. The van der Waals surface area contributed by atoms with Gasteiger partial charge in [-0.25, -0.2) is 0 Å². The topological polar surface area (TPSA) is 74.5 Å². The zero-order valence-electron chi connectivity index (χ0n) is 17.4. The van der Waals surface area contributed by atoms with Crippen LogP contribution in [-0.2, 0) is 10.2 Å². The maximum atomic E-state index is 12.2. The molecule has 1 amide bonds. The van der Waals surface area contributed by atoms with E-state index < -0.39 is 5.91 Å². The molecule has 0 aliphatic heterocycles. The number of carbonyl (C=O) groups excluding carboxylic acids is 1. The van der Waals surface area contributed by atoms with Crippen LogP contribution in [0.2, 0.25) is 5.02 Å². The molecule has 0 radical (unpaired) electrons. The van der Waals surface area contributed by atoms with Crippen LogP contribution in [0.5, 0.6) is 5.75 Å². The van der Waals surface area contributed by atoms with E-state index in [0.717, 1.165) is 11.1 Å². The van der Waals surface area contributed by atoms with Crippen molar-refractivity contribution in [1.82, 2.24) is 5.32 Å². The number of rotatable bonds is 4. The maximum Gasteiger partial charge on any atom is 0.250 e. The number of carbonyl (C=O) groups is 1. The second-order valence-electron chi connectivity index (χ2n) is 7.95. The molecule has 0 fully saturated rings. The van der Waals surface area contributed by atoms with Crippen LogP contribution in [0.3, 0.4) is 0 Å². The van der Waals surface area contributed by atoms with E-state index in [1.807, 2.05) is 57.2 Å². The van der Waals surface area contributed by atoms with Crippen molar-refractivity contribution in [3.8, 4) is 17.1 Å². The van der Waals surface area contributed by atoms with Gasteiger partial charge < -0.3 is 14.8 Å². The first-order valence-corrected chi connectivity index (χ1v) is 10.4. The van der Waals surface area contributed by atoms with E-state index in [2.05, 4.69) is 10.6 Å². The predicted molar refractivity (Wildman–Crippen MR) is 129 cm³/mol. The highest BCUT2D eigenvalue weighted by molar-refractivity contribution is 7.80. The lowest BCUT2D eigenvalue weighted by molar-refractivity contribution is -0.115. The number of thiocarbonyl (C=S) groups is 1. The van der Waals surface area contributed by atoms with Crippen LogP contribution in [0, 0.1) is 0 Å². The number of halogens is 1. The minimum atomic E-state index is -0.437. The van der Waals surface area contributed by atoms with Crippen LogP contribution >= 0.6 is 23.8 Å². The van der Waals surface area contributed by atoms with Crippen molar-refractivity contribution in [2.75, 3.05) is 5.32 Å². The first-order valence-electron chi connectivity index (χ1n) is 9.62. The number of phenolic OH excluding ortho intramolecular Hbond substituents is 1. The monoisotopic (exact) mass is 454 g/mol. The summed E-state index contributed by atoms with van der Waals surface area (Å²) in [7, 11) is 0. The maximum absolute atomic E-state index is 12.2. The van der Waals surface area contributed by atoms with Gasteiger partial charge in [0.05, 0.1) is 10.7 Å². The molecule has 31 heavy (non-hydrogen) atoms. The SMILES string of the molecule is CC(C)(C)c1cc(Cl)c(O)c(NC(=S)NC(=O)/C=C/c2ccc(-c3ccccc3)o2)c1. The molecular weight excluding hydrogens is 432 g/mol. The summed E-state index contributed by atoms with van der Waals surface area (Å²) in [6.45, 7) is 6.09. The Balaban J connectivity index is 1.63. The first kappa shape index (κ1) is 22.6. The van der Waals surface area contributed by atoms with Crippen LogP contribution in [0.15, 0.2) is 65.1 Å². The number of nitrogens with one attached hydrogen (secondary N) is 2. The lowest BCUT2D eigenvalue weighted by atomic mass is 9.87. The quantitative estimate of drug-likeness (QED) is 0.251. The van der Waals surface area contributed by atoms with Gasteiger partial charge in [0.25, 0.3) is 0 Å². The summed E-state index contributed by atoms with van der Waals surface area (Å²) >= 11 is 11.3. The third-order valence-corrected chi connectivity index (χ3v) is 4.99. The highest BCUT2D eigenvalue weighted by Crippen LogP contribution is 2.37. The molecule has 0 saturated heterocycles. The molecule has 0 bridgehead atoms. The van der Waals surface area contributed by atoms with E-state index in [0.29, 0.717) is 17.2 Å². The van der Waals surface area contributed by atoms with Crippen molar-refractivity contribution >= 4 is 46.6 Å². The Bertz CT molecular complexity index is 1130. The highest BCUT2D eigenvalue weighted by atomic mass is 35.5. The molecule has 160 valence electrons. The molecule has 0 spiro atoms. The number of amides is 1. The minimum Gasteiger partial charge on any atom is -0.504 e. The zero-order chi connectivity index (χ0) is 22.6. The molecule has 1 heterocycles. The Morgan fingerprint density at radius 1 is 1.13 bits per heavy atom. The normalized spacial score (nSPS) is 11.5. The summed E-state index contributed by atoms with van der Waals surface area (Å²) in [5.74, 6) is 0.678. The van der Waals surface area contributed by atoms with Gasteiger partial charge in [-0.1, -0.05) is 62.7 Å². The second kappa shape index (κ2) is 9.37. The standard InChI is InChI=1S/C24H23ClN2O3S/c1-24(2,3)16-13-18(25)22(29)19(14-16)26-23(31)27-21(28)12-10-17-9-11-20(30-17)15-7-5-4-6-8-15/h4-14,29H,1-3H3,(H2,26,27,28,31)/b12-10+. The Kier molecular flexibility index (Phi) is 6.83. The van der Waals surface area contributed by atoms with Crippen molar-refractivity contribution in [3.63, 3.8) is 0 Å². The molecule has 7 heteroatoms. The summed E-state index contributed by atoms with van der Waals surface area (Å²) in [6, 6.07) is 16.8. The molecule has 1 aromatic heterocycles. The summed E-state index contributed by atoms with van der Waals surface area (Å²) in [5.41, 5.74) is 2.01. The van der Waals surface area contributed by atoms with Gasteiger partial charge in [-0.3, -0.25) is 10.1 Å². The molecule has 5 nitrogen and oxygen atoms in total. The summed E-state index contributed by atoms with van der Waals surface area (Å²) in [6.07, 6.45) is 2.87. The molecule has 3 N–H and O–H groups in total. The number of phenols is 1. The Labute approximate surface area is 191 Å². The summed E-state index contributed by atoms with van der Waals surface area (Å²) in [4.78, 5) is 12.2. The number of anilines is 1. The van der Waals surface area contributed by atoms with Crippen molar-refractivity contribution < 1.29 is 14.3 Å². The fourth-order valence-electron chi connectivity index (χ4n) is 2.79. The fourth-order valence-corrected chi connectivity index (χ4v) is 3.22. The zero-order valence-corrected chi connectivity index (χ0v) is 19.0. The van der Waals surface area contributed by atoms with E-state index >= 15 is 0 Å². The van der Waals surface area contributed by atoms with Crippen molar-refractivity contribution in [1.29, 1.82) is 0 Å². The van der Waals surface area contributed by atoms with Crippen LogP contribution in [0.1, 0.15) is 32.1 Å². The Morgan fingerprint density at radius 2 is 1.84 bits per heavy atom. The van der Waals surface area contributed by atoms with E-state index in [4.69, 9.17) is 28.2 Å². The Hall–Kier alpha value is -3.09. The van der Waals surface area contributed by atoms with Gasteiger partial charge in [-0.2, -0.15) is 0 Å². The minimum absolute atomic E-state index is 0.0384. The smallest absolute Gasteiger partial charge is 0.250 e. The predicted octanol–water partition coefficient (Wildman–Crippen LogP) is 6.13. The lowest BCUT2D eigenvalue weighted by Crippen LogP contribution is -2.33. The van der Waals surface area contributed by atoms with Crippen molar-refractivity contribution in [3.05, 3.63) is 77.0 Å². The van der Waals surface area contributed by atoms with E-state index in [1.165, 1.54) is 6.08 Å². The molecule has 2 aromatic carbocycles. The van der Waals surface area contributed by atoms with Gasteiger partial charge in [-0.05, 0) is 53.5 Å². The van der Waals surface area contributed by atoms with Crippen LogP contribution in [-0.4, -0.2) is 16.1 Å². The van der Waals surface area contributed by atoms with Gasteiger partial charge in [0.1, 0.15) is 11.5 Å². The summed E-state index contributed by atoms with van der Waals surface area (Å²) < 4.78 is 5.73. The first-order chi connectivity index (χ1) is 14.6. The molecule has 0 aliphatic carbocycles. The van der Waals surface area contributed by atoms with Crippen molar-refractivity contribution in [2.45, 2.75) is 26.2 Å². The largest absolute Gasteiger partial charge is 0.504 e. The number of hydrogen-bond acceptors (Lipinski definition) is 4. The number of aromatic hydroxyl groups is 1. The third kappa shape index (κ3) is 5.96. The third-order valence-electron chi connectivity index (χ3n) is 4.50. The second-order valence-corrected chi connectivity index (χ2v) is 8.76. The fraction of sp³-hybridized carbons (Fsp3) is 0.167. The van der Waals surface area contributed by atoms with Gasteiger partial charge >= 0.3 is 0 Å². The molecular formula is C24H23ClN2O3S. The number of benzene rings is 2. The van der Waals surface area contributed by atoms with Crippen LogP contribution in [0.25, 0.3) is 17.4 Å². The Morgan fingerprint density at radius 3 is 2.52 bits per heavy atom. The van der Waals surface area contributed by atoms with Crippen LogP contribution in [0.4, 0.5) is 5.69 Å². The molecule has 0 aliphatic rings. The van der Waals surface area contributed by atoms with E-state index in [9.17, 15) is 9.90 Å². The molecule has 3 aromatic rings. The van der Waals surface area contributed by atoms with Gasteiger partial charge in [-0.15, -0.1) is 0 Å². The average Bonchev–Trinajstić information content (AvgIpc) is 3.18. The van der Waals surface area contributed by atoms with Gasteiger partial charge in [0.2, 0.25) is 5.91 Å². The highest BCUT2D eigenvalue weighted by Gasteiger charge is 2.19. The molecule has 0 saturated carbocycles.